The zero-order valence-electron chi connectivity index (χ0n) is 12.2. The van der Waals surface area contributed by atoms with Gasteiger partial charge in [0.05, 0.1) is 6.61 Å². The van der Waals surface area contributed by atoms with E-state index in [0.717, 1.165) is 11.8 Å². The Labute approximate surface area is 135 Å². The number of aliphatic hydroxyl groups is 4. The molecule has 8 nitrogen and oxygen atoms in total. The van der Waals surface area contributed by atoms with E-state index in [9.17, 15) is 19.5 Å². The number of hydrogen-bond donors (Lipinski definition) is 5. The molecule has 1 aliphatic heterocycles. The molecule has 0 unspecified atom stereocenters. The Morgan fingerprint density at radius 3 is 2.45 bits per heavy atom. The quantitative estimate of drug-likeness (QED) is 0.127. The molecule has 0 spiro atoms. The molecule has 0 aromatic rings. The van der Waals surface area contributed by atoms with E-state index in [4.69, 9.17) is 15.1 Å². The van der Waals surface area contributed by atoms with Crippen molar-refractivity contribution in [2.24, 2.45) is 5.16 Å². The van der Waals surface area contributed by atoms with E-state index < -0.39 is 47.3 Å². The molecule has 22 heavy (non-hydrogen) atoms. The van der Waals surface area contributed by atoms with Gasteiger partial charge in [-0.2, -0.15) is 0 Å². The Morgan fingerprint density at radius 2 is 1.91 bits per heavy atom. The monoisotopic (exact) mass is 357 g/mol. The number of unbranched alkanes of at least 4 members (excludes halogenated alkanes) is 1. The van der Waals surface area contributed by atoms with Gasteiger partial charge in [-0.05, 0) is 19.3 Å². The van der Waals surface area contributed by atoms with Crippen LogP contribution in [0.5, 0.6) is 0 Å². The number of oxime groups is 1. The van der Waals surface area contributed by atoms with Crippen molar-refractivity contribution in [2.45, 2.75) is 49.1 Å². The second-order valence-corrected chi connectivity index (χ2v) is 7.77. The summed E-state index contributed by atoms with van der Waals surface area (Å²) in [6, 6.07) is 0. The molecular formula is C12H23NO7S2. The number of rotatable bonds is 7. The number of hydrogen-bond acceptors (Lipinski definition) is 9. The van der Waals surface area contributed by atoms with Crippen molar-refractivity contribution in [1.29, 1.82) is 0 Å². The Bertz CT molecular complexity index is 394. The Hall–Kier alpha value is -0.230. The Morgan fingerprint density at radius 1 is 1.23 bits per heavy atom. The summed E-state index contributed by atoms with van der Waals surface area (Å²) in [7, 11) is -0.871. The van der Waals surface area contributed by atoms with Gasteiger partial charge in [-0.15, -0.1) is 0 Å². The largest absolute Gasteiger partial charge is 0.410 e. The smallest absolute Gasteiger partial charge is 0.138 e. The van der Waals surface area contributed by atoms with Crippen molar-refractivity contribution in [3.63, 3.8) is 0 Å². The van der Waals surface area contributed by atoms with Crippen LogP contribution in [-0.2, 0) is 15.5 Å². The topological polar surface area (TPSA) is 140 Å². The predicted molar refractivity (Wildman–Crippen MR) is 83.4 cm³/mol. The highest BCUT2D eigenvalue weighted by atomic mass is 32.2. The fourth-order valence-corrected chi connectivity index (χ4v) is 3.70. The maximum absolute atomic E-state index is 11.0. The first-order chi connectivity index (χ1) is 10.4. The molecule has 1 heterocycles. The lowest BCUT2D eigenvalue weighted by Gasteiger charge is -2.39. The van der Waals surface area contributed by atoms with Gasteiger partial charge in [0.2, 0.25) is 0 Å². The first kappa shape index (κ1) is 19.8. The average Bonchev–Trinajstić information content (AvgIpc) is 2.50. The van der Waals surface area contributed by atoms with Crippen molar-refractivity contribution in [3.8, 4) is 0 Å². The second kappa shape index (κ2) is 9.81. The third kappa shape index (κ3) is 5.76. The fraction of sp³-hybridized carbons (Fsp3) is 0.917. The minimum atomic E-state index is -1.45. The minimum Gasteiger partial charge on any atom is -0.410 e. The molecule has 0 amide bonds. The summed E-state index contributed by atoms with van der Waals surface area (Å²) in [5.41, 5.74) is -0.957. The van der Waals surface area contributed by atoms with Gasteiger partial charge in [0.15, 0.2) is 0 Å². The standard InChI is InChI=1S/C12H23NO7S2/c1-22(19)5-3-2-4-8(13-18)21-12-11(17)10(16)9(15)7(6-14)20-12/h7,9-12,14-18H,2-6H2,1H3/b13-8-/t7-,9-,10+,11-,12+,22-/m1/s1. The van der Waals surface area contributed by atoms with Gasteiger partial charge in [-0.1, -0.05) is 16.9 Å². The molecule has 10 heteroatoms. The van der Waals surface area contributed by atoms with Crippen LogP contribution in [0.1, 0.15) is 19.3 Å². The summed E-state index contributed by atoms with van der Waals surface area (Å²) in [6.45, 7) is -0.504. The molecule has 130 valence electrons. The zero-order chi connectivity index (χ0) is 16.7. The summed E-state index contributed by atoms with van der Waals surface area (Å²) >= 11 is 0.927. The Kier molecular flexibility index (Phi) is 8.83. The SMILES string of the molecule is C[S@@](=O)CCCC/C(=N/O)S[C@@H]1O[C@H](CO)[C@@H](O)[C@H](O)[C@H]1O. The van der Waals surface area contributed by atoms with Crippen LogP contribution in [0.4, 0.5) is 0 Å². The van der Waals surface area contributed by atoms with Crippen molar-refractivity contribution >= 4 is 27.6 Å². The number of nitrogens with zero attached hydrogens (tertiary/aromatic N) is 1. The van der Waals surface area contributed by atoms with Gasteiger partial charge in [0.25, 0.3) is 0 Å². The summed E-state index contributed by atoms with van der Waals surface area (Å²) in [4.78, 5) is 0. The van der Waals surface area contributed by atoms with Crippen LogP contribution >= 0.6 is 11.8 Å². The Balaban J connectivity index is 2.53. The highest BCUT2D eigenvalue weighted by Gasteiger charge is 2.44. The van der Waals surface area contributed by atoms with Crippen LogP contribution in [0, 0.1) is 0 Å². The van der Waals surface area contributed by atoms with Gasteiger partial charge in [0, 0.05) is 22.8 Å². The average molecular weight is 357 g/mol. The van der Waals surface area contributed by atoms with E-state index in [1.165, 1.54) is 0 Å². The van der Waals surface area contributed by atoms with Crippen LogP contribution < -0.4 is 0 Å². The van der Waals surface area contributed by atoms with Crippen molar-refractivity contribution in [2.75, 3.05) is 18.6 Å². The van der Waals surface area contributed by atoms with Crippen LogP contribution in [0.15, 0.2) is 5.16 Å². The van der Waals surface area contributed by atoms with E-state index >= 15 is 0 Å². The van der Waals surface area contributed by atoms with Gasteiger partial charge in [-0.25, -0.2) is 0 Å². The van der Waals surface area contributed by atoms with E-state index in [1.807, 2.05) is 0 Å². The molecule has 0 radical (unpaired) electrons. The highest BCUT2D eigenvalue weighted by Crippen LogP contribution is 2.30. The van der Waals surface area contributed by atoms with Crippen LogP contribution in [0.3, 0.4) is 0 Å². The van der Waals surface area contributed by atoms with E-state index in [-0.39, 0.29) is 0 Å². The van der Waals surface area contributed by atoms with Gasteiger partial charge < -0.3 is 30.4 Å². The van der Waals surface area contributed by atoms with Crippen molar-refractivity contribution < 1.29 is 34.6 Å². The molecule has 1 saturated heterocycles. The molecule has 1 aliphatic rings. The molecule has 5 N–H and O–H groups in total. The summed E-state index contributed by atoms with van der Waals surface area (Å²) in [5, 5.41) is 50.8. The minimum absolute atomic E-state index is 0.297. The van der Waals surface area contributed by atoms with E-state index in [2.05, 4.69) is 5.16 Å². The van der Waals surface area contributed by atoms with Crippen molar-refractivity contribution in [1.82, 2.24) is 0 Å². The second-order valence-electron chi connectivity index (χ2n) is 5.04. The van der Waals surface area contributed by atoms with Crippen molar-refractivity contribution in [3.05, 3.63) is 0 Å². The maximum atomic E-state index is 11.0. The molecule has 0 aromatic heterocycles. The van der Waals surface area contributed by atoms with Gasteiger partial charge >= 0.3 is 0 Å². The highest BCUT2D eigenvalue weighted by molar-refractivity contribution is 8.14. The molecule has 0 aliphatic carbocycles. The summed E-state index contributed by atoms with van der Waals surface area (Å²) < 4.78 is 16.3. The van der Waals surface area contributed by atoms with Crippen LogP contribution in [0.25, 0.3) is 0 Å². The molecule has 0 aromatic carbocycles. The number of thioether (sulfide) groups is 1. The van der Waals surface area contributed by atoms with E-state index in [1.54, 1.807) is 6.26 Å². The number of aliphatic hydroxyl groups excluding tert-OH is 4. The lowest BCUT2D eigenvalue weighted by atomic mass is 10.0. The maximum Gasteiger partial charge on any atom is 0.138 e. The van der Waals surface area contributed by atoms with E-state index in [0.29, 0.717) is 30.1 Å². The molecule has 6 atom stereocenters. The number of ether oxygens (including phenoxy) is 1. The molecule has 0 saturated carbocycles. The third-order valence-corrected chi connectivity index (χ3v) is 5.33. The van der Waals surface area contributed by atoms with Crippen LogP contribution in [0.2, 0.25) is 0 Å². The molecule has 0 bridgehead atoms. The fourth-order valence-electron chi connectivity index (χ4n) is 2.01. The normalized spacial score (nSPS) is 34.6. The summed E-state index contributed by atoms with van der Waals surface area (Å²) in [6.07, 6.45) is -1.84. The summed E-state index contributed by atoms with van der Waals surface area (Å²) in [5.74, 6) is 0.559. The third-order valence-electron chi connectivity index (χ3n) is 3.28. The predicted octanol–water partition coefficient (Wildman–Crippen LogP) is -1.14. The van der Waals surface area contributed by atoms with Gasteiger partial charge in [0.1, 0.15) is 34.9 Å². The zero-order valence-corrected chi connectivity index (χ0v) is 13.9. The van der Waals surface area contributed by atoms with Gasteiger partial charge in [-0.3, -0.25) is 4.21 Å². The first-order valence-corrected chi connectivity index (χ1v) is 9.49. The first-order valence-electron chi connectivity index (χ1n) is 6.88. The lowest BCUT2D eigenvalue weighted by Crippen LogP contribution is -2.57. The molecule has 1 rings (SSSR count). The van der Waals surface area contributed by atoms with Crippen LogP contribution in [-0.4, -0.2) is 83.4 Å². The molecular weight excluding hydrogens is 334 g/mol. The molecule has 1 fully saturated rings. The lowest BCUT2D eigenvalue weighted by molar-refractivity contribution is -0.205.